The van der Waals surface area contributed by atoms with E-state index in [0.29, 0.717) is 5.56 Å². The monoisotopic (exact) mass is 246 g/mol. The molecule has 0 N–H and O–H groups in total. The molecule has 0 unspecified atom stereocenters. The lowest BCUT2D eigenvalue weighted by atomic mass is 10.2. The highest BCUT2D eigenvalue weighted by Gasteiger charge is 2.10. The van der Waals surface area contributed by atoms with E-state index in [1.54, 1.807) is 18.2 Å². The average molecular weight is 246 g/mol. The summed E-state index contributed by atoms with van der Waals surface area (Å²) in [5, 5.41) is 10.9. The fraction of sp³-hybridized carbons (Fsp3) is 0.429. The number of para-hydroxylation sites is 1. The first-order chi connectivity index (χ1) is 8.77. The summed E-state index contributed by atoms with van der Waals surface area (Å²) in [5.74, 6) is 0. The van der Waals surface area contributed by atoms with Gasteiger partial charge in [-0.3, -0.25) is 10.1 Å². The van der Waals surface area contributed by atoms with Crippen molar-refractivity contribution in [3.63, 3.8) is 0 Å². The second kappa shape index (κ2) is 6.19. The number of hydrogen-bond acceptors (Lipinski definition) is 3. The summed E-state index contributed by atoms with van der Waals surface area (Å²) in [6, 6.07) is 6.85. The van der Waals surface area contributed by atoms with E-state index in [1.807, 2.05) is 18.3 Å². The highest BCUT2D eigenvalue weighted by atomic mass is 16.6. The smallest absolute Gasteiger partial charge is 0.276 e. The molecule has 0 radical (unpaired) electrons. The standard InChI is InChI=1S/C14H18N2O2/c17-16(18)14-8-4-3-7-13(14)9-12-15-10-5-1-2-6-11-15/h3-4,7-9,12H,1-2,5-6,10-11H2/b12-9+. The summed E-state index contributed by atoms with van der Waals surface area (Å²) in [6.07, 6.45) is 8.84. The highest BCUT2D eigenvalue weighted by molar-refractivity contribution is 5.60. The van der Waals surface area contributed by atoms with Crippen molar-refractivity contribution in [2.45, 2.75) is 25.7 Å². The number of rotatable bonds is 3. The molecule has 4 nitrogen and oxygen atoms in total. The van der Waals surface area contributed by atoms with Crippen LogP contribution in [-0.2, 0) is 0 Å². The number of nitro benzene ring substituents is 1. The van der Waals surface area contributed by atoms with Crippen LogP contribution in [0.4, 0.5) is 5.69 Å². The van der Waals surface area contributed by atoms with Gasteiger partial charge in [0.25, 0.3) is 5.69 Å². The zero-order chi connectivity index (χ0) is 12.8. The summed E-state index contributed by atoms with van der Waals surface area (Å²) in [4.78, 5) is 12.8. The lowest BCUT2D eigenvalue weighted by Gasteiger charge is -2.16. The van der Waals surface area contributed by atoms with Crippen molar-refractivity contribution in [2.75, 3.05) is 13.1 Å². The molecule has 0 bridgehead atoms. The van der Waals surface area contributed by atoms with Gasteiger partial charge in [0.05, 0.1) is 10.5 Å². The molecule has 0 spiro atoms. The Morgan fingerprint density at radius 1 is 1.11 bits per heavy atom. The van der Waals surface area contributed by atoms with E-state index in [2.05, 4.69) is 4.90 Å². The van der Waals surface area contributed by atoms with Gasteiger partial charge < -0.3 is 4.90 Å². The normalized spacial score (nSPS) is 16.8. The van der Waals surface area contributed by atoms with E-state index in [1.165, 1.54) is 25.7 Å². The van der Waals surface area contributed by atoms with Crippen molar-refractivity contribution in [2.24, 2.45) is 0 Å². The molecule has 4 heteroatoms. The van der Waals surface area contributed by atoms with E-state index in [-0.39, 0.29) is 10.6 Å². The van der Waals surface area contributed by atoms with Gasteiger partial charge >= 0.3 is 0 Å². The van der Waals surface area contributed by atoms with Gasteiger partial charge in [-0.2, -0.15) is 0 Å². The Morgan fingerprint density at radius 2 is 1.78 bits per heavy atom. The van der Waals surface area contributed by atoms with E-state index in [9.17, 15) is 10.1 Å². The zero-order valence-corrected chi connectivity index (χ0v) is 10.4. The number of nitro groups is 1. The third-order valence-corrected chi connectivity index (χ3v) is 3.24. The van der Waals surface area contributed by atoms with E-state index >= 15 is 0 Å². The molecular weight excluding hydrogens is 228 g/mol. The minimum absolute atomic E-state index is 0.170. The van der Waals surface area contributed by atoms with Crippen molar-refractivity contribution >= 4 is 11.8 Å². The fourth-order valence-electron chi connectivity index (χ4n) is 2.22. The Balaban J connectivity index is 2.10. The molecule has 1 aliphatic rings. The average Bonchev–Trinajstić information content (AvgIpc) is 2.65. The first-order valence-corrected chi connectivity index (χ1v) is 6.43. The Bertz CT molecular complexity index is 435. The quantitative estimate of drug-likeness (QED) is 0.606. The first-order valence-electron chi connectivity index (χ1n) is 6.43. The SMILES string of the molecule is O=[N+]([O-])c1ccccc1/C=C/N1CCCCCC1. The molecule has 1 aliphatic heterocycles. The molecule has 0 aromatic heterocycles. The molecule has 1 aromatic carbocycles. The summed E-state index contributed by atoms with van der Waals surface area (Å²) in [5.41, 5.74) is 0.843. The molecule has 1 fully saturated rings. The summed E-state index contributed by atoms with van der Waals surface area (Å²) >= 11 is 0. The second-order valence-electron chi connectivity index (χ2n) is 4.58. The number of likely N-dealkylation sites (tertiary alicyclic amines) is 1. The second-order valence-corrected chi connectivity index (χ2v) is 4.58. The topological polar surface area (TPSA) is 46.4 Å². The van der Waals surface area contributed by atoms with Crippen molar-refractivity contribution < 1.29 is 4.92 Å². The minimum atomic E-state index is -0.331. The van der Waals surface area contributed by atoms with Crippen LogP contribution in [0.25, 0.3) is 6.08 Å². The van der Waals surface area contributed by atoms with E-state index < -0.39 is 0 Å². The molecule has 96 valence electrons. The number of benzene rings is 1. The van der Waals surface area contributed by atoms with Crippen LogP contribution in [0.15, 0.2) is 30.5 Å². The lowest BCUT2D eigenvalue weighted by Crippen LogP contribution is -2.17. The molecule has 1 heterocycles. The fourth-order valence-corrected chi connectivity index (χ4v) is 2.22. The van der Waals surface area contributed by atoms with Crippen molar-refractivity contribution in [3.8, 4) is 0 Å². The van der Waals surface area contributed by atoms with Gasteiger partial charge in [-0.1, -0.05) is 25.0 Å². The molecule has 0 saturated carbocycles. The molecular formula is C14H18N2O2. The van der Waals surface area contributed by atoms with Crippen LogP contribution in [0.1, 0.15) is 31.2 Å². The first kappa shape index (κ1) is 12.6. The summed E-state index contributed by atoms with van der Waals surface area (Å²) in [6.45, 7) is 2.11. The molecule has 18 heavy (non-hydrogen) atoms. The Morgan fingerprint density at radius 3 is 2.44 bits per heavy atom. The maximum atomic E-state index is 10.9. The van der Waals surface area contributed by atoms with Crippen LogP contribution >= 0.6 is 0 Å². The van der Waals surface area contributed by atoms with Gasteiger partial charge in [-0.05, 0) is 31.2 Å². The maximum Gasteiger partial charge on any atom is 0.276 e. The molecule has 1 saturated heterocycles. The molecule has 0 atom stereocenters. The van der Waals surface area contributed by atoms with Gasteiger partial charge in [-0.25, -0.2) is 0 Å². The van der Waals surface area contributed by atoms with E-state index in [4.69, 9.17) is 0 Å². The maximum absolute atomic E-state index is 10.9. The molecule has 1 aromatic rings. The van der Waals surface area contributed by atoms with E-state index in [0.717, 1.165) is 13.1 Å². The third-order valence-electron chi connectivity index (χ3n) is 3.24. The Labute approximate surface area is 107 Å². The predicted octanol–water partition coefficient (Wildman–Crippen LogP) is 3.44. The van der Waals surface area contributed by atoms with Crippen LogP contribution in [0.2, 0.25) is 0 Å². The number of nitrogens with zero attached hydrogens (tertiary/aromatic N) is 2. The van der Waals surface area contributed by atoms with Crippen LogP contribution in [0, 0.1) is 10.1 Å². The van der Waals surface area contributed by atoms with Crippen LogP contribution in [0.5, 0.6) is 0 Å². The van der Waals surface area contributed by atoms with Crippen LogP contribution in [0.3, 0.4) is 0 Å². The van der Waals surface area contributed by atoms with Gasteiger partial charge in [0, 0.05) is 19.2 Å². The zero-order valence-electron chi connectivity index (χ0n) is 10.4. The van der Waals surface area contributed by atoms with Gasteiger partial charge in [0.1, 0.15) is 0 Å². The summed E-state index contributed by atoms with van der Waals surface area (Å²) < 4.78 is 0. The Kier molecular flexibility index (Phi) is 4.34. The highest BCUT2D eigenvalue weighted by Crippen LogP contribution is 2.19. The van der Waals surface area contributed by atoms with Crippen molar-refractivity contribution in [3.05, 3.63) is 46.1 Å². The van der Waals surface area contributed by atoms with Crippen molar-refractivity contribution in [1.82, 2.24) is 4.90 Å². The largest absolute Gasteiger partial charge is 0.377 e. The predicted molar refractivity (Wildman–Crippen MR) is 72.2 cm³/mol. The van der Waals surface area contributed by atoms with Crippen LogP contribution < -0.4 is 0 Å². The van der Waals surface area contributed by atoms with Crippen LogP contribution in [-0.4, -0.2) is 22.9 Å². The molecule has 0 amide bonds. The number of hydrogen-bond donors (Lipinski definition) is 0. The minimum Gasteiger partial charge on any atom is -0.377 e. The Hall–Kier alpha value is -1.84. The van der Waals surface area contributed by atoms with Gasteiger partial charge in [-0.15, -0.1) is 0 Å². The third kappa shape index (κ3) is 3.32. The van der Waals surface area contributed by atoms with Crippen molar-refractivity contribution in [1.29, 1.82) is 0 Å². The van der Waals surface area contributed by atoms with Gasteiger partial charge in [0.2, 0.25) is 0 Å². The van der Waals surface area contributed by atoms with Gasteiger partial charge in [0.15, 0.2) is 0 Å². The summed E-state index contributed by atoms with van der Waals surface area (Å²) in [7, 11) is 0. The molecule has 0 aliphatic carbocycles. The molecule has 2 rings (SSSR count). The lowest BCUT2D eigenvalue weighted by molar-refractivity contribution is -0.385.